The van der Waals surface area contributed by atoms with E-state index in [9.17, 15) is 4.39 Å². The summed E-state index contributed by atoms with van der Waals surface area (Å²) in [4.78, 5) is 6.43. The van der Waals surface area contributed by atoms with E-state index in [1.54, 1.807) is 16.8 Å². The Balaban J connectivity index is 1.55. The molecule has 0 spiro atoms. The molecular weight excluding hydrogens is 297 g/mol. The molecule has 2 heterocycles. The Hall–Kier alpha value is -2.41. The van der Waals surface area contributed by atoms with Crippen molar-refractivity contribution in [3.63, 3.8) is 0 Å². The van der Waals surface area contributed by atoms with Crippen molar-refractivity contribution in [2.75, 3.05) is 32.8 Å². The van der Waals surface area contributed by atoms with Gasteiger partial charge in [-0.1, -0.05) is 0 Å². The van der Waals surface area contributed by atoms with Crippen LogP contribution >= 0.6 is 0 Å². The summed E-state index contributed by atoms with van der Waals surface area (Å²) in [5.41, 5.74) is 7.73. The summed E-state index contributed by atoms with van der Waals surface area (Å²) < 4.78 is 19.9. The summed E-state index contributed by atoms with van der Waals surface area (Å²) in [7, 11) is 0. The number of nitrogens with two attached hydrogens (primary N) is 1. The SMILES string of the molecule is NC(=NCCc1ccn(-c2ccc(F)cc2)n1)N1CCOCC1. The molecule has 1 saturated heterocycles. The number of halogens is 1. The van der Waals surface area contributed by atoms with E-state index in [-0.39, 0.29) is 5.82 Å². The molecule has 122 valence electrons. The predicted octanol–water partition coefficient (Wildman–Crippen LogP) is 1.20. The van der Waals surface area contributed by atoms with Crippen LogP contribution in [0.25, 0.3) is 5.69 Å². The maximum absolute atomic E-state index is 12.9. The van der Waals surface area contributed by atoms with Crippen LogP contribution in [0.2, 0.25) is 0 Å². The van der Waals surface area contributed by atoms with Crippen molar-refractivity contribution in [2.24, 2.45) is 10.7 Å². The van der Waals surface area contributed by atoms with Crippen LogP contribution in [0.5, 0.6) is 0 Å². The molecule has 0 saturated carbocycles. The Bertz CT molecular complexity index is 661. The molecule has 1 fully saturated rings. The molecule has 6 nitrogen and oxygen atoms in total. The first-order valence-electron chi connectivity index (χ1n) is 7.65. The minimum absolute atomic E-state index is 0.256. The fourth-order valence-corrected chi connectivity index (χ4v) is 2.41. The number of ether oxygens (including phenoxy) is 1. The van der Waals surface area contributed by atoms with Crippen molar-refractivity contribution in [3.05, 3.63) is 48.0 Å². The highest BCUT2D eigenvalue weighted by atomic mass is 19.1. The maximum Gasteiger partial charge on any atom is 0.191 e. The molecular formula is C16H20FN5O. The van der Waals surface area contributed by atoms with Gasteiger partial charge in [0.1, 0.15) is 5.82 Å². The Morgan fingerprint density at radius 1 is 1.22 bits per heavy atom. The van der Waals surface area contributed by atoms with Crippen molar-refractivity contribution in [3.8, 4) is 5.69 Å². The number of hydrogen-bond donors (Lipinski definition) is 1. The molecule has 3 rings (SSSR count). The van der Waals surface area contributed by atoms with Crippen LogP contribution in [-0.4, -0.2) is 53.5 Å². The summed E-state index contributed by atoms with van der Waals surface area (Å²) in [6.07, 6.45) is 2.57. The minimum atomic E-state index is -0.256. The standard InChI is InChI=1S/C16H20FN5O/c17-13-1-3-15(4-2-13)22-8-6-14(20-22)5-7-19-16(18)21-9-11-23-12-10-21/h1-4,6,8H,5,7,9-12H2,(H2,18,19). The molecule has 0 bridgehead atoms. The summed E-state index contributed by atoms with van der Waals surface area (Å²) >= 11 is 0. The van der Waals surface area contributed by atoms with Crippen molar-refractivity contribution in [1.29, 1.82) is 0 Å². The number of hydrogen-bond acceptors (Lipinski definition) is 3. The van der Waals surface area contributed by atoms with Gasteiger partial charge in [0.15, 0.2) is 5.96 Å². The van der Waals surface area contributed by atoms with E-state index in [0.29, 0.717) is 32.1 Å². The van der Waals surface area contributed by atoms with Crippen molar-refractivity contribution in [1.82, 2.24) is 14.7 Å². The molecule has 0 atom stereocenters. The van der Waals surface area contributed by atoms with Crippen LogP contribution < -0.4 is 5.73 Å². The van der Waals surface area contributed by atoms with Crippen molar-refractivity contribution in [2.45, 2.75) is 6.42 Å². The van der Waals surface area contributed by atoms with Crippen LogP contribution in [0.3, 0.4) is 0 Å². The predicted molar refractivity (Wildman–Crippen MR) is 86.1 cm³/mol. The average Bonchev–Trinajstić information content (AvgIpc) is 3.05. The third-order valence-electron chi connectivity index (χ3n) is 3.71. The van der Waals surface area contributed by atoms with E-state index in [0.717, 1.165) is 24.5 Å². The van der Waals surface area contributed by atoms with E-state index < -0.39 is 0 Å². The summed E-state index contributed by atoms with van der Waals surface area (Å²) in [5, 5.41) is 4.47. The number of aromatic nitrogens is 2. The average molecular weight is 317 g/mol. The smallest absolute Gasteiger partial charge is 0.191 e. The second-order valence-corrected chi connectivity index (χ2v) is 5.32. The minimum Gasteiger partial charge on any atom is -0.378 e. The third-order valence-corrected chi connectivity index (χ3v) is 3.71. The highest BCUT2D eigenvalue weighted by molar-refractivity contribution is 5.78. The molecule has 1 aromatic heterocycles. The van der Waals surface area contributed by atoms with E-state index in [1.807, 2.05) is 17.2 Å². The highest BCUT2D eigenvalue weighted by Crippen LogP contribution is 2.09. The van der Waals surface area contributed by atoms with Gasteiger partial charge in [-0.05, 0) is 30.3 Å². The number of benzene rings is 1. The molecule has 2 aromatic rings. The lowest BCUT2D eigenvalue weighted by Crippen LogP contribution is -2.44. The quantitative estimate of drug-likeness (QED) is 0.679. The summed E-state index contributed by atoms with van der Waals surface area (Å²) in [5.74, 6) is 0.306. The van der Waals surface area contributed by atoms with Gasteiger partial charge in [0, 0.05) is 32.3 Å². The monoisotopic (exact) mass is 317 g/mol. The fraction of sp³-hybridized carbons (Fsp3) is 0.375. The van der Waals surface area contributed by atoms with E-state index in [1.165, 1.54) is 12.1 Å². The molecule has 0 radical (unpaired) electrons. The normalized spacial score (nSPS) is 15.9. The summed E-state index contributed by atoms with van der Waals surface area (Å²) in [6.45, 7) is 3.54. The number of morpholine rings is 1. The molecule has 23 heavy (non-hydrogen) atoms. The third kappa shape index (κ3) is 4.07. The van der Waals surface area contributed by atoms with Gasteiger partial charge < -0.3 is 15.4 Å². The van der Waals surface area contributed by atoms with Crippen LogP contribution in [0.15, 0.2) is 41.5 Å². The van der Waals surface area contributed by atoms with Gasteiger partial charge in [-0.25, -0.2) is 9.07 Å². The van der Waals surface area contributed by atoms with Crippen LogP contribution in [0.4, 0.5) is 4.39 Å². The van der Waals surface area contributed by atoms with E-state index in [4.69, 9.17) is 10.5 Å². The van der Waals surface area contributed by atoms with Crippen molar-refractivity contribution >= 4 is 5.96 Å². The molecule has 0 amide bonds. The molecule has 1 aliphatic heterocycles. The Morgan fingerprint density at radius 2 is 1.96 bits per heavy atom. The van der Waals surface area contributed by atoms with Gasteiger partial charge in [0.25, 0.3) is 0 Å². The number of aliphatic imine (C=N–C) groups is 1. The molecule has 0 unspecified atom stereocenters. The van der Waals surface area contributed by atoms with Gasteiger partial charge in [0.2, 0.25) is 0 Å². The lowest BCUT2D eigenvalue weighted by atomic mass is 10.3. The number of rotatable bonds is 4. The fourth-order valence-electron chi connectivity index (χ4n) is 2.41. The van der Waals surface area contributed by atoms with Gasteiger partial charge in [-0.2, -0.15) is 5.10 Å². The Morgan fingerprint density at radius 3 is 2.70 bits per heavy atom. The Kier molecular flexibility index (Phi) is 4.87. The number of guanidine groups is 1. The first-order chi connectivity index (χ1) is 11.2. The topological polar surface area (TPSA) is 68.7 Å². The van der Waals surface area contributed by atoms with E-state index in [2.05, 4.69) is 10.1 Å². The zero-order valence-electron chi connectivity index (χ0n) is 12.9. The molecule has 2 N–H and O–H groups in total. The second kappa shape index (κ2) is 7.23. The van der Waals surface area contributed by atoms with Crippen molar-refractivity contribution < 1.29 is 9.13 Å². The molecule has 1 aromatic carbocycles. The highest BCUT2D eigenvalue weighted by Gasteiger charge is 2.11. The molecule has 7 heteroatoms. The van der Waals surface area contributed by atoms with Crippen LogP contribution in [-0.2, 0) is 11.2 Å². The van der Waals surface area contributed by atoms with Gasteiger partial charge in [0.05, 0.1) is 24.6 Å². The van der Waals surface area contributed by atoms with Crippen LogP contribution in [0, 0.1) is 5.82 Å². The molecule has 0 aliphatic carbocycles. The zero-order chi connectivity index (χ0) is 16.1. The maximum atomic E-state index is 12.9. The second-order valence-electron chi connectivity index (χ2n) is 5.32. The van der Waals surface area contributed by atoms with Crippen LogP contribution in [0.1, 0.15) is 5.69 Å². The molecule has 1 aliphatic rings. The first kappa shape index (κ1) is 15.5. The largest absolute Gasteiger partial charge is 0.378 e. The number of nitrogens with zero attached hydrogens (tertiary/aromatic N) is 4. The lowest BCUT2D eigenvalue weighted by molar-refractivity contribution is 0.0674. The summed E-state index contributed by atoms with van der Waals surface area (Å²) in [6, 6.07) is 8.17. The zero-order valence-corrected chi connectivity index (χ0v) is 12.9. The lowest BCUT2D eigenvalue weighted by Gasteiger charge is -2.27. The van der Waals surface area contributed by atoms with Gasteiger partial charge in [-0.15, -0.1) is 0 Å². The van der Waals surface area contributed by atoms with Gasteiger partial charge in [-0.3, -0.25) is 4.99 Å². The Labute approximate surface area is 134 Å². The van der Waals surface area contributed by atoms with E-state index >= 15 is 0 Å². The van der Waals surface area contributed by atoms with Gasteiger partial charge >= 0.3 is 0 Å². The first-order valence-corrected chi connectivity index (χ1v) is 7.65.